The minimum absolute atomic E-state index is 0.105. The van der Waals surface area contributed by atoms with Crippen LogP contribution in [0.15, 0.2) is 65.8 Å². The Hall–Kier alpha value is -3.40. The van der Waals surface area contributed by atoms with Crippen LogP contribution in [0.4, 0.5) is 0 Å². The Morgan fingerprint density at radius 3 is 2.50 bits per heavy atom. The van der Waals surface area contributed by atoms with Crippen LogP contribution in [0.2, 0.25) is 0 Å². The summed E-state index contributed by atoms with van der Waals surface area (Å²) >= 11 is 0. The number of aryl methyl sites for hydroxylation is 1. The Bertz CT molecular complexity index is 1120. The third-order valence-electron chi connectivity index (χ3n) is 5.12. The third-order valence-corrected chi connectivity index (χ3v) is 5.12. The molecule has 1 unspecified atom stereocenters. The van der Waals surface area contributed by atoms with E-state index in [9.17, 15) is 14.7 Å². The molecule has 0 amide bonds. The highest BCUT2D eigenvalue weighted by molar-refractivity contribution is 6.03. The van der Waals surface area contributed by atoms with E-state index in [1.807, 2.05) is 50.3 Å². The third kappa shape index (κ3) is 2.97. The molecule has 0 fully saturated rings. The highest BCUT2D eigenvalue weighted by atomic mass is 16.5. The summed E-state index contributed by atoms with van der Waals surface area (Å²) in [4.78, 5) is 23.9. The maximum Gasteiger partial charge on any atom is 0.336 e. The van der Waals surface area contributed by atoms with Crippen molar-refractivity contribution in [1.82, 2.24) is 0 Å². The van der Waals surface area contributed by atoms with Crippen LogP contribution in [0.5, 0.6) is 5.75 Å². The van der Waals surface area contributed by atoms with E-state index in [0.717, 1.165) is 27.8 Å². The van der Waals surface area contributed by atoms with Gasteiger partial charge in [0.25, 0.3) is 0 Å². The molecule has 0 saturated heterocycles. The first-order chi connectivity index (χ1) is 13.3. The second-order valence-corrected chi connectivity index (χ2v) is 7.23. The largest absolute Gasteiger partial charge is 0.481 e. The second-order valence-electron chi connectivity index (χ2n) is 7.23. The number of benzene rings is 2. The van der Waals surface area contributed by atoms with Crippen molar-refractivity contribution in [1.29, 1.82) is 0 Å². The van der Waals surface area contributed by atoms with Crippen LogP contribution in [-0.2, 0) is 0 Å². The fraction of sp³-hybridized carbons (Fsp3) is 0.167. The SMILES string of the molecule is CC(=O)c1ccc(C(=O)O)c(C2=C3C=CC(C)=CC3Oc3cc(C)ccc32)c1. The second kappa shape index (κ2) is 6.64. The highest BCUT2D eigenvalue weighted by Gasteiger charge is 2.30. The normalized spacial score (nSPS) is 17.4. The molecule has 0 radical (unpaired) electrons. The van der Waals surface area contributed by atoms with Crippen LogP contribution in [0.3, 0.4) is 0 Å². The number of carbonyl (C=O) groups excluding carboxylic acids is 1. The van der Waals surface area contributed by atoms with Gasteiger partial charge in [0, 0.05) is 22.3 Å². The summed E-state index contributed by atoms with van der Waals surface area (Å²) < 4.78 is 6.22. The maximum atomic E-state index is 12.0. The number of carboxylic acid groups (broad SMARTS) is 1. The zero-order chi connectivity index (χ0) is 20.0. The van der Waals surface area contributed by atoms with Gasteiger partial charge < -0.3 is 9.84 Å². The number of Topliss-reactive ketones (excluding diaryl/α,β-unsaturated/α-hetero) is 1. The van der Waals surface area contributed by atoms with Crippen molar-refractivity contribution < 1.29 is 19.4 Å². The van der Waals surface area contributed by atoms with Gasteiger partial charge in [0.2, 0.25) is 0 Å². The molecule has 2 aliphatic rings. The Morgan fingerprint density at radius 1 is 1.00 bits per heavy atom. The molecule has 28 heavy (non-hydrogen) atoms. The summed E-state index contributed by atoms with van der Waals surface area (Å²) in [5.41, 5.74) is 5.85. The number of hydrogen-bond acceptors (Lipinski definition) is 3. The first-order valence-electron chi connectivity index (χ1n) is 9.12. The fourth-order valence-corrected chi connectivity index (χ4v) is 3.71. The minimum atomic E-state index is -1.03. The summed E-state index contributed by atoms with van der Waals surface area (Å²) in [6, 6.07) is 10.6. The van der Waals surface area contributed by atoms with Gasteiger partial charge in [-0.25, -0.2) is 4.79 Å². The van der Waals surface area contributed by atoms with E-state index in [1.54, 1.807) is 12.1 Å². The van der Waals surface area contributed by atoms with Crippen molar-refractivity contribution in [3.05, 3.63) is 93.6 Å². The fourth-order valence-electron chi connectivity index (χ4n) is 3.71. The molecule has 4 rings (SSSR count). The average Bonchev–Trinajstić information content (AvgIpc) is 2.65. The molecular weight excluding hydrogens is 352 g/mol. The molecule has 0 saturated carbocycles. The predicted molar refractivity (Wildman–Crippen MR) is 108 cm³/mol. The van der Waals surface area contributed by atoms with Gasteiger partial charge in [0.15, 0.2) is 5.78 Å². The molecule has 0 bridgehead atoms. The molecule has 2 aromatic rings. The Kier molecular flexibility index (Phi) is 4.27. The van der Waals surface area contributed by atoms with Crippen LogP contribution in [0, 0.1) is 6.92 Å². The number of carbonyl (C=O) groups is 2. The summed E-state index contributed by atoms with van der Waals surface area (Å²) in [6.45, 7) is 5.47. The molecule has 1 N–H and O–H groups in total. The lowest BCUT2D eigenvalue weighted by atomic mass is 9.82. The van der Waals surface area contributed by atoms with Gasteiger partial charge in [-0.15, -0.1) is 0 Å². The average molecular weight is 372 g/mol. The number of allylic oxidation sites excluding steroid dienone is 2. The molecule has 2 aromatic carbocycles. The lowest BCUT2D eigenvalue weighted by Gasteiger charge is -2.31. The van der Waals surface area contributed by atoms with Crippen molar-refractivity contribution in [3.8, 4) is 5.75 Å². The van der Waals surface area contributed by atoms with E-state index in [0.29, 0.717) is 16.9 Å². The smallest absolute Gasteiger partial charge is 0.336 e. The molecule has 0 spiro atoms. The summed E-state index contributed by atoms with van der Waals surface area (Å²) in [5, 5.41) is 9.79. The highest BCUT2D eigenvalue weighted by Crippen LogP contribution is 2.43. The van der Waals surface area contributed by atoms with Crippen LogP contribution in [-0.4, -0.2) is 23.0 Å². The number of aromatic carboxylic acids is 1. The van der Waals surface area contributed by atoms with Gasteiger partial charge in [-0.05, 0) is 56.2 Å². The lowest BCUT2D eigenvalue weighted by molar-refractivity contribution is 0.0696. The van der Waals surface area contributed by atoms with E-state index in [-0.39, 0.29) is 17.5 Å². The van der Waals surface area contributed by atoms with Crippen LogP contribution < -0.4 is 4.74 Å². The first kappa shape index (κ1) is 18.0. The number of ketones is 1. The zero-order valence-electron chi connectivity index (χ0n) is 15.9. The molecule has 140 valence electrons. The van der Waals surface area contributed by atoms with Gasteiger partial charge in [0.05, 0.1) is 5.56 Å². The number of hydrogen-bond donors (Lipinski definition) is 1. The van der Waals surface area contributed by atoms with Gasteiger partial charge in [0.1, 0.15) is 11.9 Å². The molecule has 4 heteroatoms. The zero-order valence-corrected chi connectivity index (χ0v) is 15.9. The number of fused-ring (bicyclic) bond motifs is 2. The first-order valence-corrected chi connectivity index (χ1v) is 9.12. The molecule has 1 atom stereocenters. The van der Waals surface area contributed by atoms with E-state index < -0.39 is 5.97 Å². The van der Waals surface area contributed by atoms with Crippen LogP contribution >= 0.6 is 0 Å². The topological polar surface area (TPSA) is 63.6 Å². The van der Waals surface area contributed by atoms with Crippen molar-refractivity contribution in [2.75, 3.05) is 0 Å². The Labute approximate surface area is 163 Å². The van der Waals surface area contributed by atoms with E-state index >= 15 is 0 Å². The minimum Gasteiger partial charge on any atom is -0.481 e. The van der Waals surface area contributed by atoms with Crippen molar-refractivity contribution >= 4 is 17.3 Å². The molecular formula is C24H20O4. The van der Waals surface area contributed by atoms with Crippen molar-refractivity contribution in [3.63, 3.8) is 0 Å². The lowest BCUT2D eigenvalue weighted by Crippen LogP contribution is -2.25. The molecule has 0 aromatic heterocycles. The summed E-state index contributed by atoms with van der Waals surface area (Å²) in [5.74, 6) is -0.416. The van der Waals surface area contributed by atoms with E-state index in [1.165, 1.54) is 13.0 Å². The van der Waals surface area contributed by atoms with Gasteiger partial charge in [-0.2, -0.15) is 0 Å². The predicted octanol–water partition coefficient (Wildman–Crippen LogP) is 4.97. The monoisotopic (exact) mass is 372 g/mol. The van der Waals surface area contributed by atoms with Crippen LogP contribution in [0.25, 0.3) is 5.57 Å². The van der Waals surface area contributed by atoms with Gasteiger partial charge in [-0.1, -0.05) is 35.9 Å². The van der Waals surface area contributed by atoms with Crippen molar-refractivity contribution in [2.45, 2.75) is 26.9 Å². The quantitative estimate of drug-likeness (QED) is 0.772. The Morgan fingerprint density at radius 2 is 1.79 bits per heavy atom. The number of ether oxygens (including phenoxy) is 1. The van der Waals surface area contributed by atoms with E-state index in [4.69, 9.17) is 4.74 Å². The van der Waals surface area contributed by atoms with Gasteiger partial charge >= 0.3 is 5.97 Å². The maximum absolute atomic E-state index is 12.0. The number of rotatable bonds is 3. The number of carboxylic acids is 1. The van der Waals surface area contributed by atoms with Crippen molar-refractivity contribution in [2.24, 2.45) is 0 Å². The van der Waals surface area contributed by atoms with E-state index in [2.05, 4.69) is 0 Å². The molecule has 4 nitrogen and oxygen atoms in total. The molecule has 1 heterocycles. The molecule has 1 aliphatic heterocycles. The van der Waals surface area contributed by atoms with Crippen LogP contribution in [0.1, 0.15) is 51.3 Å². The Balaban J connectivity index is 2.07. The summed E-state index contributed by atoms with van der Waals surface area (Å²) in [6.07, 6.45) is 5.70. The standard InChI is InChI=1S/C24H20O4/c1-13-4-7-18-21(10-13)28-22-11-14(2)5-8-19(22)23(18)20-12-16(15(3)25)6-9-17(20)24(26)27/h4-12,21H,1-3H3,(H,26,27). The summed E-state index contributed by atoms with van der Waals surface area (Å²) in [7, 11) is 0. The molecule has 1 aliphatic carbocycles. The van der Waals surface area contributed by atoms with Gasteiger partial charge in [-0.3, -0.25) is 4.79 Å².